The van der Waals surface area contributed by atoms with E-state index in [4.69, 9.17) is 10.00 Å². The number of hydrogen-bond acceptors (Lipinski definition) is 7. The van der Waals surface area contributed by atoms with E-state index in [-0.39, 0.29) is 22.7 Å². The van der Waals surface area contributed by atoms with Crippen LogP contribution in [0, 0.1) is 35.3 Å². The summed E-state index contributed by atoms with van der Waals surface area (Å²) in [5.74, 6) is -0.521. The normalized spacial score (nSPS) is 10.3. The minimum absolute atomic E-state index is 0.0721. The number of carbonyl (C=O) groups excluding carboxylic acids is 1. The zero-order valence-electron chi connectivity index (χ0n) is 14.1. The van der Waals surface area contributed by atoms with E-state index in [1.807, 2.05) is 6.07 Å². The number of ether oxygens (including phenoxy) is 1. The van der Waals surface area contributed by atoms with Crippen LogP contribution in [0.5, 0.6) is 5.88 Å². The number of para-hydroxylation sites is 1. The van der Waals surface area contributed by atoms with Crippen LogP contribution in [-0.4, -0.2) is 28.6 Å². The molecule has 9 nitrogen and oxygen atoms in total. The van der Waals surface area contributed by atoms with Crippen molar-refractivity contribution in [2.45, 2.75) is 13.8 Å². The quantitative estimate of drug-likeness (QED) is 0.480. The van der Waals surface area contributed by atoms with Gasteiger partial charge in [-0.1, -0.05) is 12.1 Å². The zero-order chi connectivity index (χ0) is 19.1. The molecule has 2 aromatic rings. The second kappa shape index (κ2) is 8.34. The SMILES string of the molecule is Cc1cc(C)c(C#N)c(OCC(=O)N/N=C/c2ccccc2[N+](=O)[O-])n1. The molecule has 0 spiro atoms. The molecule has 0 aliphatic heterocycles. The topological polar surface area (TPSA) is 131 Å². The molecule has 0 aliphatic carbocycles. The lowest BCUT2D eigenvalue weighted by Gasteiger charge is -2.08. The monoisotopic (exact) mass is 353 g/mol. The average Bonchev–Trinajstić information content (AvgIpc) is 2.60. The number of nitrogens with zero attached hydrogens (tertiary/aromatic N) is 4. The molecule has 1 aromatic carbocycles. The van der Waals surface area contributed by atoms with Gasteiger partial charge in [0.15, 0.2) is 6.61 Å². The number of nitriles is 1. The fraction of sp³-hybridized carbons (Fsp3) is 0.176. The third-order valence-electron chi connectivity index (χ3n) is 3.29. The first-order valence-electron chi connectivity index (χ1n) is 7.49. The van der Waals surface area contributed by atoms with E-state index >= 15 is 0 Å². The molecule has 0 radical (unpaired) electrons. The predicted octanol–water partition coefficient (Wildman–Crippen LogP) is 2.01. The number of benzene rings is 1. The number of aromatic nitrogens is 1. The number of nitro groups is 1. The van der Waals surface area contributed by atoms with Crippen molar-refractivity contribution < 1.29 is 14.5 Å². The Bertz CT molecular complexity index is 918. The van der Waals surface area contributed by atoms with Crippen LogP contribution in [0.15, 0.2) is 35.4 Å². The van der Waals surface area contributed by atoms with E-state index in [9.17, 15) is 14.9 Å². The summed E-state index contributed by atoms with van der Waals surface area (Å²) in [6, 6.07) is 9.71. The van der Waals surface area contributed by atoms with Gasteiger partial charge in [0.2, 0.25) is 5.88 Å². The smallest absolute Gasteiger partial charge is 0.278 e. The maximum absolute atomic E-state index is 11.8. The Balaban J connectivity index is 1.99. The van der Waals surface area contributed by atoms with E-state index < -0.39 is 17.4 Å². The molecule has 0 unspecified atom stereocenters. The zero-order valence-corrected chi connectivity index (χ0v) is 14.1. The fourth-order valence-corrected chi connectivity index (χ4v) is 2.15. The van der Waals surface area contributed by atoms with Crippen molar-refractivity contribution in [2.75, 3.05) is 6.61 Å². The van der Waals surface area contributed by atoms with Crippen molar-refractivity contribution in [1.82, 2.24) is 10.4 Å². The van der Waals surface area contributed by atoms with Gasteiger partial charge in [-0.05, 0) is 31.5 Å². The van der Waals surface area contributed by atoms with E-state index in [1.54, 1.807) is 26.0 Å². The van der Waals surface area contributed by atoms with Gasteiger partial charge in [-0.3, -0.25) is 14.9 Å². The molecule has 0 saturated carbocycles. The largest absolute Gasteiger partial charge is 0.467 e. The van der Waals surface area contributed by atoms with Gasteiger partial charge in [-0.15, -0.1) is 0 Å². The molecule has 2 rings (SSSR count). The minimum Gasteiger partial charge on any atom is -0.467 e. The first-order chi connectivity index (χ1) is 12.4. The Hall–Kier alpha value is -3.80. The highest BCUT2D eigenvalue weighted by atomic mass is 16.6. The van der Waals surface area contributed by atoms with Crippen molar-refractivity contribution in [3.05, 3.63) is 62.8 Å². The van der Waals surface area contributed by atoms with Gasteiger partial charge < -0.3 is 4.74 Å². The van der Waals surface area contributed by atoms with Gasteiger partial charge in [0.25, 0.3) is 11.6 Å². The Labute approximate surface area is 149 Å². The van der Waals surface area contributed by atoms with Crippen LogP contribution >= 0.6 is 0 Å². The predicted molar refractivity (Wildman–Crippen MR) is 92.8 cm³/mol. The van der Waals surface area contributed by atoms with Crippen molar-refractivity contribution in [2.24, 2.45) is 5.10 Å². The number of hydrogen-bond donors (Lipinski definition) is 1. The van der Waals surface area contributed by atoms with Gasteiger partial charge in [0, 0.05) is 11.8 Å². The number of hydrazone groups is 1. The second-order valence-corrected chi connectivity index (χ2v) is 5.27. The van der Waals surface area contributed by atoms with Crippen molar-refractivity contribution in [3.63, 3.8) is 0 Å². The molecule has 1 heterocycles. The van der Waals surface area contributed by atoms with Crippen LogP contribution in [-0.2, 0) is 4.79 Å². The molecule has 1 N–H and O–H groups in total. The maximum Gasteiger partial charge on any atom is 0.278 e. The second-order valence-electron chi connectivity index (χ2n) is 5.27. The van der Waals surface area contributed by atoms with Crippen molar-refractivity contribution >= 4 is 17.8 Å². The lowest BCUT2D eigenvalue weighted by atomic mass is 10.1. The Morgan fingerprint density at radius 1 is 1.46 bits per heavy atom. The number of pyridine rings is 1. The summed E-state index contributed by atoms with van der Waals surface area (Å²) in [7, 11) is 0. The van der Waals surface area contributed by atoms with E-state index in [0.29, 0.717) is 11.3 Å². The summed E-state index contributed by atoms with van der Waals surface area (Å²) in [5.41, 5.74) is 3.95. The summed E-state index contributed by atoms with van der Waals surface area (Å²) in [4.78, 5) is 26.3. The van der Waals surface area contributed by atoms with Gasteiger partial charge in [0.05, 0.1) is 16.7 Å². The molecule has 0 bridgehead atoms. The summed E-state index contributed by atoms with van der Waals surface area (Å²) in [6.45, 7) is 3.09. The number of nitro benzene ring substituents is 1. The Morgan fingerprint density at radius 2 is 2.19 bits per heavy atom. The van der Waals surface area contributed by atoms with Gasteiger partial charge in [-0.25, -0.2) is 10.4 Å². The molecule has 132 valence electrons. The van der Waals surface area contributed by atoms with Crippen LogP contribution in [0.4, 0.5) is 5.69 Å². The van der Waals surface area contributed by atoms with E-state index in [2.05, 4.69) is 15.5 Å². The third kappa shape index (κ3) is 4.61. The third-order valence-corrected chi connectivity index (χ3v) is 3.29. The highest BCUT2D eigenvalue weighted by Gasteiger charge is 2.12. The molecule has 9 heteroatoms. The number of nitrogens with one attached hydrogen (secondary N) is 1. The molecule has 1 aromatic heterocycles. The summed E-state index contributed by atoms with van der Waals surface area (Å²) in [5, 5.41) is 23.7. The van der Waals surface area contributed by atoms with E-state index in [0.717, 1.165) is 0 Å². The molecule has 0 saturated heterocycles. The molecule has 26 heavy (non-hydrogen) atoms. The molecular formula is C17H15N5O4. The average molecular weight is 353 g/mol. The summed E-state index contributed by atoms with van der Waals surface area (Å²) in [6.07, 6.45) is 1.17. The van der Waals surface area contributed by atoms with Gasteiger partial charge in [0.1, 0.15) is 11.6 Å². The molecule has 0 aliphatic rings. The maximum atomic E-state index is 11.8. The van der Waals surface area contributed by atoms with Crippen LogP contribution in [0.3, 0.4) is 0 Å². The summed E-state index contributed by atoms with van der Waals surface area (Å²) < 4.78 is 5.29. The number of carbonyl (C=O) groups is 1. The number of aryl methyl sites for hydroxylation is 2. The Morgan fingerprint density at radius 3 is 2.88 bits per heavy atom. The van der Waals surface area contributed by atoms with Crippen LogP contribution in [0.2, 0.25) is 0 Å². The standard InChI is InChI=1S/C17H15N5O4/c1-11-7-12(2)20-17(14(11)8-18)26-10-16(23)21-19-9-13-5-3-4-6-15(13)22(24)25/h3-7,9H,10H2,1-2H3,(H,21,23)/b19-9+. The first kappa shape index (κ1) is 18.5. The number of rotatable bonds is 6. The lowest BCUT2D eigenvalue weighted by molar-refractivity contribution is -0.385. The minimum atomic E-state index is -0.593. The first-order valence-corrected chi connectivity index (χ1v) is 7.49. The van der Waals surface area contributed by atoms with Gasteiger partial charge >= 0.3 is 0 Å². The fourth-order valence-electron chi connectivity index (χ4n) is 2.15. The number of amides is 1. The molecular weight excluding hydrogens is 338 g/mol. The molecule has 0 fully saturated rings. The summed E-state index contributed by atoms with van der Waals surface area (Å²) >= 11 is 0. The van der Waals surface area contributed by atoms with Crippen LogP contribution in [0.25, 0.3) is 0 Å². The van der Waals surface area contributed by atoms with Crippen LogP contribution < -0.4 is 10.2 Å². The highest BCUT2D eigenvalue weighted by molar-refractivity contribution is 5.86. The highest BCUT2D eigenvalue weighted by Crippen LogP contribution is 2.19. The van der Waals surface area contributed by atoms with Crippen molar-refractivity contribution in [3.8, 4) is 11.9 Å². The molecule has 0 atom stereocenters. The molecule has 1 amide bonds. The van der Waals surface area contributed by atoms with Crippen LogP contribution in [0.1, 0.15) is 22.4 Å². The van der Waals surface area contributed by atoms with E-state index in [1.165, 1.54) is 24.4 Å². The van der Waals surface area contributed by atoms with Gasteiger partial charge in [-0.2, -0.15) is 10.4 Å². The lowest BCUT2D eigenvalue weighted by Crippen LogP contribution is -2.25. The Kier molecular flexibility index (Phi) is 5.95. The van der Waals surface area contributed by atoms with Crippen molar-refractivity contribution in [1.29, 1.82) is 5.26 Å².